The SMILES string of the molecule is COC#N.C\C=C/C=C(OC)\C(\C=C\S(=O)(=O)Cc1ccc(OC)c(NC(=O)CN)c1)=C\OC. The second kappa shape index (κ2) is 16.8. The van der Waals surface area contributed by atoms with Crippen LogP contribution in [0.4, 0.5) is 5.69 Å². The van der Waals surface area contributed by atoms with Crippen LogP contribution in [0.2, 0.25) is 0 Å². The van der Waals surface area contributed by atoms with E-state index in [-0.39, 0.29) is 12.3 Å². The van der Waals surface area contributed by atoms with Crippen molar-refractivity contribution in [1.82, 2.24) is 0 Å². The first-order valence-electron chi connectivity index (χ1n) is 9.81. The number of ether oxygens (including phenoxy) is 4. The fourth-order valence-corrected chi connectivity index (χ4v) is 3.47. The van der Waals surface area contributed by atoms with Crippen LogP contribution in [0.25, 0.3) is 0 Å². The number of hydrogen-bond acceptors (Lipinski definition) is 9. The van der Waals surface area contributed by atoms with Crippen LogP contribution in [0.15, 0.2) is 65.5 Å². The average molecular weight is 494 g/mol. The summed E-state index contributed by atoms with van der Waals surface area (Å²) in [4.78, 5) is 11.6. The number of allylic oxidation sites excluding steroid dienone is 4. The Bertz CT molecular complexity index is 1050. The number of nitrogens with one attached hydrogen (secondary N) is 1. The van der Waals surface area contributed by atoms with Crippen molar-refractivity contribution in [3.05, 3.63) is 71.1 Å². The molecule has 3 N–H and O–H groups in total. The first-order valence-corrected chi connectivity index (χ1v) is 11.5. The van der Waals surface area contributed by atoms with Gasteiger partial charge in [0.15, 0.2) is 9.84 Å². The minimum atomic E-state index is -3.64. The van der Waals surface area contributed by atoms with Crippen molar-refractivity contribution in [1.29, 1.82) is 5.26 Å². The van der Waals surface area contributed by atoms with Gasteiger partial charge in [0, 0.05) is 5.41 Å². The maximum absolute atomic E-state index is 12.6. The van der Waals surface area contributed by atoms with Gasteiger partial charge in [-0.05, 0) is 36.8 Å². The summed E-state index contributed by atoms with van der Waals surface area (Å²) < 4.78 is 44.6. The molecule has 10 nitrogen and oxygen atoms in total. The van der Waals surface area contributed by atoms with Crippen molar-refractivity contribution < 1.29 is 32.2 Å². The Morgan fingerprint density at radius 2 is 1.91 bits per heavy atom. The maximum atomic E-state index is 12.6. The van der Waals surface area contributed by atoms with Crippen molar-refractivity contribution >= 4 is 21.4 Å². The number of nitrogens with two attached hydrogens (primary N) is 1. The van der Waals surface area contributed by atoms with E-state index < -0.39 is 15.7 Å². The van der Waals surface area contributed by atoms with Crippen LogP contribution < -0.4 is 15.8 Å². The molecule has 1 aromatic carbocycles. The summed E-state index contributed by atoms with van der Waals surface area (Å²) in [5.41, 5.74) is 6.59. The first kappa shape index (κ1) is 30.2. The molecule has 0 aromatic heterocycles. The zero-order valence-corrected chi connectivity index (χ0v) is 20.7. The van der Waals surface area contributed by atoms with E-state index in [1.807, 2.05) is 13.0 Å². The minimum absolute atomic E-state index is 0.203. The van der Waals surface area contributed by atoms with Crippen molar-refractivity contribution in [3.63, 3.8) is 0 Å². The molecule has 0 radical (unpaired) electrons. The highest BCUT2D eigenvalue weighted by molar-refractivity contribution is 7.93. The van der Waals surface area contributed by atoms with Crippen molar-refractivity contribution in [2.45, 2.75) is 12.7 Å². The second-order valence-corrected chi connectivity index (χ2v) is 8.15. The second-order valence-electron chi connectivity index (χ2n) is 6.26. The zero-order valence-electron chi connectivity index (χ0n) is 19.9. The van der Waals surface area contributed by atoms with Crippen LogP contribution in [-0.4, -0.2) is 49.3 Å². The molecular formula is C23H31N3O7S. The number of amides is 1. The Labute approximate surface area is 200 Å². The Kier molecular flexibility index (Phi) is 15.0. The number of rotatable bonds is 11. The van der Waals surface area contributed by atoms with E-state index in [0.717, 1.165) is 5.41 Å². The van der Waals surface area contributed by atoms with Gasteiger partial charge in [0.05, 0.1) is 58.3 Å². The normalized spacial score (nSPS) is 11.9. The van der Waals surface area contributed by atoms with Crippen molar-refractivity contribution in [2.24, 2.45) is 5.73 Å². The molecule has 0 aliphatic heterocycles. The van der Waals surface area contributed by atoms with Crippen molar-refractivity contribution in [3.8, 4) is 12.0 Å². The molecule has 1 aromatic rings. The number of carbonyl (C=O) groups excluding carboxylic acids is 1. The molecule has 0 fully saturated rings. The molecule has 1 amide bonds. The third-order valence-electron chi connectivity index (χ3n) is 3.83. The molecule has 0 saturated heterocycles. The molecule has 34 heavy (non-hydrogen) atoms. The predicted octanol–water partition coefficient (Wildman–Crippen LogP) is 2.77. The van der Waals surface area contributed by atoms with Gasteiger partial charge in [-0.15, -0.1) is 0 Å². The summed E-state index contributed by atoms with van der Waals surface area (Å²) in [5, 5.41) is 11.1. The standard InChI is InChI=1S/C21H28N2O6S.C2H3NO/c1-5-6-7-19(28-3)17(14-27-2)10-11-30(25,26)15-16-8-9-20(29-4)18(12-16)23-21(24)13-22;1-4-2-3/h5-12,14H,13,15,22H2,1-4H3,(H,23,24);1H3/b6-5-,11-10+,17-14+,19-7+;. The van der Waals surface area contributed by atoms with Crippen molar-refractivity contribution in [2.75, 3.05) is 40.3 Å². The van der Waals surface area contributed by atoms with Gasteiger partial charge in [0.25, 0.3) is 6.26 Å². The van der Waals surface area contributed by atoms with Gasteiger partial charge < -0.3 is 30.0 Å². The Morgan fingerprint density at radius 3 is 2.41 bits per heavy atom. The number of sulfone groups is 1. The molecule has 0 spiro atoms. The predicted molar refractivity (Wildman–Crippen MR) is 130 cm³/mol. The maximum Gasteiger partial charge on any atom is 0.286 e. The van der Waals surface area contributed by atoms with Crippen LogP contribution in [0.3, 0.4) is 0 Å². The van der Waals surface area contributed by atoms with E-state index in [4.69, 9.17) is 25.2 Å². The van der Waals surface area contributed by atoms with E-state index in [1.165, 1.54) is 53.1 Å². The van der Waals surface area contributed by atoms with Crippen LogP contribution in [0.5, 0.6) is 5.75 Å². The minimum Gasteiger partial charge on any atom is -0.504 e. The number of hydrogen-bond donors (Lipinski definition) is 2. The summed E-state index contributed by atoms with van der Waals surface area (Å²) in [6.07, 6.45) is 9.49. The molecule has 1 rings (SSSR count). The number of nitrogens with zero attached hydrogens (tertiary/aromatic N) is 1. The highest BCUT2D eigenvalue weighted by Crippen LogP contribution is 2.26. The lowest BCUT2D eigenvalue weighted by molar-refractivity contribution is -0.114. The highest BCUT2D eigenvalue weighted by Gasteiger charge is 2.13. The molecule has 0 aliphatic rings. The first-order chi connectivity index (χ1) is 16.2. The lowest BCUT2D eigenvalue weighted by Gasteiger charge is -2.11. The lowest BCUT2D eigenvalue weighted by atomic mass is 10.2. The number of methoxy groups -OCH3 is 4. The summed E-state index contributed by atoms with van der Waals surface area (Å²) >= 11 is 0. The van der Waals surface area contributed by atoms with Crippen LogP contribution in [-0.2, 0) is 34.6 Å². The Hall–Kier alpha value is -3.75. The largest absolute Gasteiger partial charge is 0.504 e. The Balaban J connectivity index is 0.00000251. The molecular weight excluding hydrogens is 462 g/mol. The molecule has 0 heterocycles. The molecule has 186 valence electrons. The van der Waals surface area contributed by atoms with Crippen LogP contribution in [0, 0.1) is 11.5 Å². The highest BCUT2D eigenvalue weighted by atomic mass is 32.2. The summed E-state index contributed by atoms with van der Waals surface area (Å²) in [5.74, 6) is 0.151. The lowest BCUT2D eigenvalue weighted by Crippen LogP contribution is -2.22. The molecule has 0 saturated carbocycles. The topological polar surface area (TPSA) is 150 Å². The molecule has 11 heteroatoms. The van der Waals surface area contributed by atoms with Gasteiger partial charge >= 0.3 is 0 Å². The van der Waals surface area contributed by atoms with Gasteiger partial charge in [0.1, 0.15) is 11.5 Å². The van der Waals surface area contributed by atoms with E-state index in [2.05, 4.69) is 10.1 Å². The van der Waals surface area contributed by atoms with Crippen LogP contribution >= 0.6 is 0 Å². The quantitative estimate of drug-likeness (QED) is 0.269. The average Bonchev–Trinajstić information content (AvgIpc) is 2.82. The smallest absolute Gasteiger partial charge is 0.286 e. The van der Waals surface area contributed by atoms with E-state index in [1.54, 1.807) is 24.3 Å². The van der Waals surface area contributed by atoms with Gasteiger partial charge in [-0.3, -0.25) is 4.79 Å². The van der Waals surface area contributed by atoms with Gasteiger partial charge in [-0.2, -0.15) is 5.26 Å². The van der Waals surface area contributed by atoms with Gasteiger partial charge in [-0.1, -0.05) is 18.2 Å². The molecule has 0 bridgehead atoms. The third kappa shape index (κ3) is 11.8. The fraction of sp³-hybridized carbons (Fsp3) is 0.304. The Morgan fingerprint density at radius 1 is 1.24 bits per heavy atom. The van der Waals surface area contributed by atoms with Crippen LogP contribution in [0.1, 0.15) is 12.5 Å². The van der Waals surface area contributed by atoms with Gasteiger partial charge in [0.2, 0.25) is 5.91 Å². The van der Waals surface area contributed by atoms with Gasteiger partial charge in [-0.25, -0.2) is 8.42 Å². The number of benzene rings is 1. The monoisotopic (exact) mass is 493 g/mol. The molecule has 0 atom stereocenters. The molecule has 0 aliphatic carbocycles. The number of carbonyl (C=O) groups is 1. The summed E-state index contributed by atoms with van der Waals surface area (Å²) in [6, 6.07) is 4.73. The summed E-state index contributed by atoms with van der Waals surface area (Å²) in [7, 11) is 2.07. The third-order valence-corrected chi connectivity index (χ3v) is 5.11. The van der Waals surface area contributed by atoms with E-state index in [0.29, 0.717) is 28.3 Å². The fourth-order valence-electron chi connectivity index (χ4n) is 2.37. The van der Waals surface area contributed by atoms with E-state index >= 15 is 0 Å². The number of anilines is 1. The number of nitriles is 1. The van der Waals surface area contributed by atoms with E-state index in [9.17, 15) is 13.2 Å². The molecule has 0 unspecified atom stereocenters. The summed E-state index contributed by atoms with van der Waals surface area (Å²) in [6.45, 7) is 1.65. The zero-order chi connectivity index (χ0) is 26.0.